The summed E-state index contributed by atoms with van der Waals surface area (Å²) in [6, 6.07) is 7.19. The van der Waals surface area contributed by atoms with Gasteiger partial charge in [0.25, 0.3) is 0 Å². The van der Waals surface area contributed by atoms with Crippen molar-refractivity contribution in [2.45, 2.75) is 0 Å². The maximum Gasteiger partial charge on any atom is 0.356 e. The summed E-state index contributed by atoms with van der Waals surface area (Å²) in [6.45, 7) is 0. The lowest BCUT2D eigenvalue weighted by Crippen LogP contribution is -2.03. The topological polar surface area (TPSA) is 98.9 Å². The van der Waals surface area contributed by atoms with Crippen LogP contribution in [0, 0.1) is 11.3 Å². The number of nitrogens with one attached hydrogen (secondary N) is 1. The quantitative estimate of drug-likeness (QED) is 0.902. The van der Waals surface area contributed by atoms with Crippen LogP contribution in [0.25, 0.3) is 0 Å². The zero-order valence-electron chi connectivity index (χ0n) is 9.46. The van der Waals surface area contributed by atoms with Crippen molar-refractivity contribution in [1.29, 1.82) is 5.26 Å². The molecule has 0 amide bonds. The average molecular weight is 319 g/mol. The molecule has 0 saturated heterocycles. The zero-order chi connectivity index (χ0) is 13.8. The Labute approximate surface area is 116 Å². The van der Waals surface area contributed by atoms with Crippen molar-refractivity contribution in [3.8, 4) is 6.07 Å². The van der Waals surface area contributed by atoms with E-state index in [2.05, 4.69) is 31.2 Å². The van der Waals surface area contributed by atoms with Crippen LogP contribution < -0.4 is 5.32 Å². The third-order valence-electron chi connectivity index (χ3n) is 2.24. The fourth-order valence-corrected chi connectivity index (χ4v) is 1.72. The molecular formula is C12H7BrN4O2. The lowest BCUT2D eigenvalue weighted by molar-refractivity contribution is 0.0690. The Hall–Kier alpha value is -2.46. The number of carbonyl (C=O) groups is 1. The molecule has 6 nitrogen and oxygen atoms in total. The van der Waals surface area contributed by atoms with Crippen LogP contribution in [0.1, 0.15) is 16.1 Å². The molecule has 1 aromatic carbocycles. The number of carboxylic acid groups (broad SMARTS) is 1. The van der Waals surface area contributed by atoms with Gasteiger partial charge in [-0.05, 0) is 18.2 Å². The van der Waals surface area contributed by atoms with Gasteiger partial charge >= 0.3 is 5.97 Å². The first-order valence-electron chi connectivity index (χ1n) is 5.12. The molecule has 0 unspecified atom stereocenters. The normalized spacial score (nSPS) is 9.68. The minimum atomic E-state index is -1.14. The van der Waals surface area contributed by atoms with Gasteiger partial charge < -0.3 is 10.4 Å². The van der Waals surface area contributed by atoms with E-state index in [0.29, 0.717) is 17.1 Å². The van der Waals surface area contributed by atoms with Crippen molar-refractivity contribution < 1.29 is 9.90 Å². The van der Waals surface area contributed by atoms with Gasteiger partial charge in [-0.25, -0.2) is 14.8 Å². The second-order valence-electron chi connectivity index (χ2n) is 3.52. The molecule has 0 atom stereocenters. The highest BCUT2D eigenvalue weighted by Gasteiger charge is 2.07. The molecule has 19 heavy (non-hydrogen) atoms. The van der Waals surface area contributed by atoms with Gasteiger partial charge in [-0.3, -0.25) is 0 Å². The van der Waals surface area contributed by atoms with Crippen molar-refractivity contribution in [2.75, 3.05) is 5.32 Å². The highest BCUT2D eigenvalue weighted by Crippen LogP contribution is 2.23. The molecule has 2 aromatic rings. The average Bonchev–Trinajstić information content (AvgIpc) is 2.39. The smallest absolute Gasteiger partial charge is 0.356 e. The molecule has 2 N–H and O–H groups in total. The van der Waals surface area contributed by atoms with E-state index in [1.165, 1.54) is 6.20 Å². The van der Waals surface area contributed by atoms with Crippen LogP contribution in [0.5, 0.6) is 0 Å². The number of nitriles is 1. The van der Waals surface area contributed by atoms with Gasteiger partial charge in [0, 0.05) is 4.47 Å². The van der Waals surface area contributed by atoms with Gasteiger partial charge in [0.2, 0.25) is 0 Å². The molecule has 0 fully saturated rings. The largest absolute Gasteiger partial charge is 0.476 e. The lowest BCUT2D eigenvalue weighted by Gasteiger charge is -2.07. The summed E-state index contributed by atoms with van der Waals surface area (Å²) in [5.74, 6) is -0.779. The number of rotatable bonds is 3. The Kier molecular flexibility index (Phi) is 3.73. The van der Waals surface area contributed by atoms with Crippen molar-refractivity contribution in [1.82, 2.24) is 9.97 Å². The molecular weight excluding hydrogens is 312 g/mol. The third kappa shape index (κ3) is 3.05. The summed E-state index contributed by atoms with van der Waals surface area (Å²) in [5.41, 5.74) is 0.877. The van der Waals surface area contributed by atoms with Crippen LogP contribution >= 0.6 is 15.9 Å². The minimum absolute atomic E-state index is 0.139. The first-order valence-corrected chi connectivity index (χ1v) is 5.91. The number of anilines is 2. The van der Waals surface area contributed by atoms with E-state index in [-0.39, 0.29) is 5.69 Å². The lowest BCUT2D eigenvalue weighted by atomic mass is 10.2. The van der Waals surface area contributed by atoms with Crippen LogP contribution in [-0.4, -0.2) is 21.0 Å². The molecule has 0 radical (unpaired) electrons. The molecule has 94 valence electrons. The number of hydrogen-bond donors (Lipinski definition) is 2. The summed E-state index contributed by atoms with van der Waals surface area (Å²) < 4.78 is 0.809. The van der Waals surface area contributed by atoms with Crippen molar-refractivity contribution in [3.63, 3.8) is 0 Å². The van der Waals surface area contributed by atoms with Gasteiger partial charge in [-0.2, -0.15) is 5.26 Å². The Morgan fingerprint density at radius 2 is 2.16 bits per heavy atom. The molecule has 1 heterocycles. The van der Waals surface area contributed by atoms with Crippen LogP contribution in [0.4, 0.5) is 11.5 Å². The number of hydrogen-bond acceptors (Lipinski definition) is 5. The zero-order valence-corrected chi connectivity index (χ0v) is 11.0. The first kappa shape index (κ1) is 13.0. The minimum Gasteiger partial charge on any atom is -0.476 e. The Morgan fingerprint density at radius 3 is 2.74 bits per heavy atom. The number of halogens is 1. The van der Waals surface area contributed by atoms with Gasteiger partial charge in [0.15, 0.2) is 5.69 Å². The molecule has 1 aromatic heterocycles. The predicted octanol–water partition coefficient (Wildman–Crippen LogP) is 2.55. The molecule has 0 bridgehead atoms. The Balaban J connectivity index is 2.28. The van der Waals surface area contributed by atoms with E-state index in [0.717, 1.165) is 10.7 Å². The maximum absolute atomic E-state index is 10.6. The number of aromatic nitrogens is 2. The molecule has 0 aliphatic carbocycles. The molecule has 7 heteroatoms. The Bertz CT molecular complexity index is 664. The van der Waals surface area contributed by atoms with E-state index in [9.17, 15) is 4.79 Å². The first-order chi connectivity index (χ1) is 9.10. The van der Waals surface area contributed by atoms with Gasteiger partial charge in [0.05, 0.1) is 23.6 Å². The number of carboxylic acids is 1. The van der Waals surface area contributed by atoms with Crippen LogP contribution in [0.15, 0.2) is 35.1 Å². The summed E-state index contributed by atoms with van der Waals surface area (Å²) in [4.78, 5) is 18.3. The SMILES string of the molecule is N#Cc1ccc(Br)cc1Nc1cnc(C(=O)O)cn1. The summed E-state index contributed by atoms with van der Waals surface area (Å²) in [7, 11) is 0. The molecule has 0 aliphatic heterocycles. The van der Waals surface area contributed by atoms with E-state index < -0.39 is 5.97 Å². The molecule has 0 saturated carbocycles. The maximum atomic E-state index is 10.6. The van der Waals surface area contributed by atoms with Crippen LogP contribution in [-0.2, 0) is 0 Å². The van der Waals surface area contributed by atoms with E-state index >= 15 is 0 Å². The number of nitrogens with zero attached hydrogens (tertiary/aromatic N) is 3. The highest BCUT2D eigenvalue weighted by atomic mass is 79.9. The van der Waals surface area contributed by atoms with Crippen molar-refractivity contribution in [2.24, 2.45) is 0 Å². The fraction of sp³-hybridized carbons (Fsp3) is 0. The predicted molar refractivity (Wildman–Crippen MR) is 71.1 cm³/mol. The summed E-state index contributed by atoms with van der Waals surface area (Å²) in [5, 5.41) is 20.6. The third-order valence-corrected chi connectivity index (χ3v) is 2.73. The summed E-state index contributed by atoms with van der Waals surface area (Å²) >= 11 is 3.31. The molecule has 2 rings (SSSR count). The van der Waals surface area contributed by atoms with Gasteiger partial charge in [-0.15, -0.1) is 0 Å². The second-order valence-corrected chi connectivity index (χ2v) is 4.43. The fourth-order valence-electron chi connectivity index (χ4n) is 1.36. The van der Waals surface area contributed by atoms with Gasteiger partial charge in [0.1, 0.15) is 11.9 Å². The van der Waals surface area contributed by atoms with Crippen molar-refractivity contribution in [3.05, 3.63) is 46.3 Å². The monoisotopic (exact) mass is 318 g/mol. The van der Waals surface area contributed by atoms with E-state index in [1.807, 2.05) is 6.07 Å². The molecule has 0 aliphatic rings. The summed E-state index contributed by atoms with van der Waals surface area (Å²) in [6.07, 6.45) is 2.44. The highest BCUT2D eigenvalue weighted by molar-refractivity contribution is 9.10. The van der Waals surface area contributed by atoms with E-state index in [4.69, 9.17) is 10.4 Å². The van der Waals surface area contributed by atoms with Gasteiger partial charge in [-0.1, -0.05) is 15.9 Å². The number of benzene rings is 1. The van der Waals surface area contributed by atoms with Crippen LogP contribution in [0.2, 0.25) is 0 Å². The molecule has 0 spiro atoms. The van der Waals surface area contributed by atoms with Crippen molar-refractivity contribution >= 4 is 33.4 Å². The van der Waals surface area contributed by atoms with E-state index in [1.54, 1.807) is 18.2 Å². The Morgan fingerprint density at radius 1 is 1.37 bits per heavy atom. The number of aromatic carboxylic acids is 1. The van der Waals surface area contributed by atoms with Crippen LogP contribution in [0.3, 0.4) is 0 Å². The second kappa shape index (κ2) is 5.46. The standard InChI is InChI=1S/C12H7BrN4O2/c13-8-2-1-7(4-14)9(3-8)17-11-6-15-10(5-16-11)12(18)19/h1-3,5-6H,(H,16,17)(H,18,19).